The first kappa shape index (κ1) is 17.7. The minimum atomic E-state index is -5.08. The summed E-state index contributed by atoms with van der Waals surface area (Å²) in [6.07, 6.45) is -5.08. The summed E-state index contributed by atoms with van der Waals surface area (Å²) in [6.45, 7) is 0. The van der Waals surface area contributed by atoms with Crippen LogP contribution in [0.1, 0.15) is 11.1 Å². The second kappa shape index (κ2) is 6.44. The number of halogens is 3. The zero-order valence-corrected chi connectivity index (χ0v) is 12.1. The number of nitrogens with zero attached hydrogens (tertiary/aromatic N) is 3. The molecule has 0 spiro atoms. The molecule has 0 radical (unpaired) electrons. The molecule has 0 unspecified atom stereocenters. The molecule has 11 heteroatoms. The van der Waals surface area contributed by atoms with Crippen molar-refractivity contribution in [1.29, 1.82) is 5.26 Å². The van der Waals surface area contributed by atoms with Gasteiger partial charge in [-0.2, -0.15) is 18.4 Å². The first-order valence-corrected chi connectivity index (χ1v) is 6.44. The maximum absolute atomic E-state index is 13.2. The van der Waals surface area contributed by atoms with Gasteiger partial charge < -0.3 is 5.32 Å². The van der Waals surface area contributed by atoms with Crippen LogP contribution in [-0.4, -0.2) is 9.85 Å². The maximum atomic E-state index is 13.2. The molecule has 0 amide bonds. The number of non-ortho nitro benzene ring substituents is 1. The molecule has 2 aromatic rings. The third-order valence-electron chi connectivity index (χ3n) is 3.08. The van der Waals surface area contributed by atoms with Gasteiger partial charge >= 0.3 is 6.18 Å². The summed E-state index contributed by atoms with van der Waals surface area (Å²) in [4.78, 5) is 19.6. The third kappa shape index (κ3) is 3.81. The van der Waals surface area contributed by atoms with Crippen molar-refractivity contribution in [2.45, 2.75) is 6.18 Å². The van der Waals surface area contributed by atoms with Gasteiger partial charge in [-0.15, -0.1) is 0 Å². The van der Waals surface area contributed by atoms with Crippen LogP contribution in [0.5, 0.6) is 0 Å². The fraction of sp³-hybridized carbons (Fsp3) is 0.0714. The largest absolute Gasteiger partial charge is 0.418 e. The molecule has 0 saturated heterocycles. The first-order valence-electron chi connectivity index (χ1n) is 6.44. The van der Waals surface area contributed by atoms with E-state index in [1.807, 2.05) is 0 Å². The van der Waals surface area contributed by atoms with E-state index >= 15 is 0 Å². The Hall–Kier alpha value is -3.68. The predicted molar refractivity (Wildman–Crippen MR) is 79.2 cm³/mol. The van der Waals surface area contributed by atoms with Crippen LogP contribution >= 0.6 is 0 Å². The SMILES string of the molecule is N#Cc1cccc(Nc2c([N+](=O)[O-])cc([N+](=O)[O-])cc2C(F)(F)F)c1. The van der Waals surface area contributed by atoms with E-state index in [1.165, 1.54) is 24.3 Å². The Kier molecular flexibility index (Phi) is 4.55. The van der Waals surface area contributed by atoms with Crippen molar-refractivity contribution in [2.75, 3.05) is 5.32 Å². The summed E-state index contributed by atoms with van der Waals surface area (Å²) in [6, 6.07) is 7.66. The van der Waals surface area contributed by atoms with E-state index in [-0.39, 0.29) is 17.3 Å². The standard InChI is InChI=1S/C14H7F3N4O4/c15-14(16,17)11-5-10(20(22)23)6-12(21(24)25)13(11)19-9-3-1-2-8(4-9)7-18/h1-6,19H. The molecule has 0 aromatic heterocycles. The van der Waals surface area contributed by atoms with Crippen molar-refractivity contribution in [2.24, 2.45) is 0 Å². The van der Waals surface area contributed by atoms with Gasteiger partial charge in [0, 0.05) is 11.8 Å². The number of nitro benzene ring substituents is 2. The second-order valence-electron chi connectivity index (χ2n) is 4.72. The monoisotopic (exact) mass is 352 g/mol. The molecule has 128 valence electrons. The number of anilines is 2. The molecule has 0 aliphatic carbocycles. The summed E-state index contributed by atoms with van der Waals surface area (Å²) >= 11 is 0. The molecule has 0 aliphatic heterocycles. The normalized spacial score (nSPS) is 10.8. The number of nitrogens with one attached hydrogen (secondary N) is 1. The molecule has 0 heterocycles. The topological polar surface area (TPSA) is 122 Å². The lowest BCUT2D eigenvalue weighted by atomic mass is 10.1. The number of nitro groups is 2. The van der Waals surface area contributed by atoms with Crippen LogP contribution in [0.4, 0.5) is 35.9 Å². The van der Waals surface area contributed by atoms with E-state index in [9.17, 15) is 33.4 Å². The zero-order valence-electron chi connectivity index (χ0n) is 12.1. The molecule has 0 bridgehead atoms. The summed E-state index contributed by atoms with van der Waals surface area (Å²) in [5.74, 6) is 0. The molecule has 2 rings (SSSR count). The van der Waals surface area contributed by atoms with E-state index in [0.717, 1.165) is 0 Å². The van der Waals surface area contributed by atoms with Crippen molar-refractivity contribution in [3.05, 3.63) is 67.8 Å². The van der Waals surface area contributed by atoms with Gasteiger partial charge in [-0.1, -0.05) is 6.07 Å². The van der Waals surface area contributed by atoms with Crippen molar-refractivity contribution >= 4 is 22.7 Å². The van der Waals surface area contributed by atoms with Crippen LogP contribution in [0, 0.1) is 31.6 Å². The highest BCUT2D eigenvalue weighted by molar-refractivity contribution is 5.76. The van der Waals surface area contributed by atoms with Gasteiger partial charge in [0.15, 0.2) is 0 Å². The molecule has 8 nitrogen and oxygen atoms in total. The molecular weight excluding hydrogens is 345 g/mol. The van der Waals surface area contributed by atoms with Crippen LogP contribution in [0.3, 0.4) is 0 Å². The zero-order chi connectivity index (χ0) is 18.8. The Morgan fingerprint density at radius 2 is 1.76 bits per heavy atom. The lowest BCUT2D eigenvalue weighted by Crippen LogP contribution is -2.12. The number of hydrogen-bond acceptors (Lipinski definition) is 6. The Morgan fingerprint density at radius 3 is 2.28 bits per heavy atom. The van der Waals surface area contributed by atoms with E-state index < -0.39 is 38.6 Å². The summed E-state index contributed by atoms with van der Waals surface area (Å²) in [5, 5.41) is 32.9. The minimum Gasteiger partial charge on any atom is -0.349 e. The Morgan fingerprint density at radius 1 is 1.08 bits per heavy atom. The highest BCUT2D eigenvalue weighted by Gasteiger charge is 2.39. The second-order valence-corrected chi connectivity index (χ2v) is 4.72. The smallest absolute Gasteiger partial charge is 0.349 e. The van der Waals surface area contributed by atoms with E-state index in [2.05, 4.69) is 5.32 Å². The number of hydrogen-bond donors (Lipinski definition) is 1. The van der Waals surface area contributed by atoms with Gasteiger partial charge in [0.05, 0.1) is 33.1 Å². The van der Waals surface area contributed by atoms with E-state index in [0.29, 0.717) is 6.07 Å². The maximum Gasteiger partial charge on any atom is 0.418 e. The van der Waals surface area contributed by atoms with Gasteiger partial charge in [0.2, 0.25) is 0 Å². The van der Waals surface area contributed by atoms with Gasteiger partial charge in [-0.3, -0.25) is 20.2 Å². The Bertz CT molecular complexity index is 906. The minimum absolute atomic E-state index is 0.0125. The van der Waals surface area contributed by atoms with Crippen LogP contribution in [-0.2, 0) is 6.18 Å². The number of nitriles is 1. The summed E-state index contributed by atoms with van der Waals surface area (Å²) in [7, 11) is 0. The predicted octanol–water partition coefficient (Wildman–Crippen LogP) is 4.14. The average molecular weight is 352 g/mol. The van der Waals surface area contributed by atoms with E-state index in [1.54, 1.807) is 6.07 Å². The molecule has 0 fully saturated rings. The van der Waals surface area contributed by atoms with Crippen molar-refractivity contribution in [3.8, 4) is 6.07 Å². The number of rotatable bonds is 4. The number of alkyl halides is 3. The lowest BCUT2D eigenvalue weighted by Gasteiger charge is -2.15. The quantitative estimate of drug-likeness (QED) is 0.652. The van der Waals surface area contributed by atoms with Gasteiger partial charge in [-0.25, -0.2) is 0 Å². The van der Waals surface area contributed by atoms with Crippen molar-refractivity contribution in [1.82, 2.24) is 0 Å². The van der Waals surface area contributed by atoms with Crippen LogP contribution in [0.25, 0.3) is 0 Å². The summed E-state index contributed by atoms with van der Waals surface area (Å²) < 4.78 is 39.7. The van der Waals surface area contributed by atoms with Gasteiger partial charge in [0.1, 0.15) is 5.69 Å². The van der Waals surface area contributed by atoms with Crippen LogP contribution in [0.15, 0.2) is 36.4 Å². The highest BCUT2D eigenvalue weighted by Crippen LogP contribution is 2.43. The van der Waals surface area contributed by atoms with Gasteiger partial charge in [0.25, 0.3) is 11.4 Å². The Balaban J connectivity index is 2.71. The van der Waals surface area contributed by atoms with Crippen LogP contribution in [0.2, 0.25) is 0 Å². The fourth-order valence-corrected chi connectivity index (χ4v) is 2.03. The average Bonchev–Trinajstić information content (AvgIpc) is 2.53. The molecular formula is C14H7F3N4O4. The molecule has 2 aromatic carbocycles. The number of benzene rings is 2. The van der Waals surface area contributed by atoms with Crippen molar-refractivity contribution in [3.63, 3.8) is 0 Å². The third-order valence-corrected chi connectivity index (χ3v) is 3.08. The fourth-order valence-electron chi connectivity index (χ4n) is 2.03. The van der Waals surface area contributed by atoms with Crippen molar-refractivity contribution < 1.29 is 23.0 Å². The molecule has 1 N–H and O–H groups in total. The van der Waals surface area contributed by atoms with E-state index in [4.69, 9.17) is 5.26 Å². The Labute approximate surface area is 137 Å². The highest BCUT2D eigenvalue weighted by atomic mass is 19.4. The van der Waals surface area contributed by atoms with Crippen LogP contribution < -0.4 is 5.32 Å². The molecule has 0 atom stereocenters. The molecule has 25 heavy (non-hydrogen) atoms. The first-order chi connectivity index (χ1) is 11.6. The van der Waals surface area contributed by atoms with Gasteiger partial charge in [-0.05, 0) is 18.2 Å². The molecule has 0 saturated carbocycles. The lowest BCUT2D eigenvalue weighted by molar-refractivity contribution is -0.394. The summed E-state index contributed by atoms with van der Waals surface area (Å²) in [5.41, 5.74) is -4.57. The molecule has 0 aliphatic rings.